The third-order valence-electron chi connectivity index (χ3n) is 3.66. The Hall–Kier alpha value is -2.67. The van der Waals surface area contributed by atoms with Crippen LogP contribution < -0.4 is 5.56 Å². The number of rotatable bonds is 4. The van der Waals surface area contributed by atoms with Gasteiger partial charge < -0.3 is 14.1 Å². The average molecular weight is 344 g/mol. The maximum Gasteiger partial charge on any atom is 0.331 e. The second-order valence-corrected chi connectivity index (χ2v) is 6.55. The Labute approximate surface area is 141 Å². The Morgan fingerprint density at radius 1 is 1.46 bits per heavy atom. The van der Waals surface area contributed by atoms with Crippen LogP contribution in [0.3, 0.4) is 0 Å². The van der Waals surface area contributed by atoms with E-state index in [1.54, 1.807) is 19.1 Å². The van der Waals surface area contributed by atoms with Crippen molar-refractivity contribution in [1.82, 2.24) is 9.97 Å². The number of carbonyl (C=O) groups excluding carboxylic acids is 1. The second kappa shape index (κ2) is 6.45. The number of hydrogen-bond donors (Lipinski definition) is 1. The first-order valence-electron chi connectivity index (χ1n) is 7.38. The fourth-order valence-electron chi connectivity index (χ4n) is 2.27. The van der Waals surface area contributed by atoms with Gasteiger partial charge in [-0.3, -0.25) is 4.79 Å². The zero-order valence-corrected chi connectivity index (χ0v) is 14.3. The lowest BCUT2D eigenvalue weighted by Crippen LogP contribution is -2.16. The summed E-state index contributed by atoms with van der Waals surface area (Å²) in [6.45, 7) is 5.51. The monoisotopic (exact) mass is 344 g/mol. The molecule has 0 aliphatic rings. The van der Waals surface area contributed by atoms with Crippen molar-refractivity contribution in [3.63, 3.8) is 0 Å². The maximum absolute atomic E-state index is 12.2. The maximum atomic E-state index is 12.2. The van der Waals surface area contributed by atoms with Gasteiger partial charge in [-0.05, 0) is 44.5 Å². The molecular weight excluding hydrogens is 328 g/mol. The van der Waals surface area contributed by atoms with Crippen LogP contribution in [-0.4, -0.2) is 15.9 Å². The Morgan fingerprint density at radius 3 is 2.96 bits per heavy atom. The normalized spacial score (nSPS) is 12.8. The summed E-state index contributed by atoms with van der Waals surface area (Å²) in [7, 11) is 0. The van der Waals surface area contributed by atoms with Crippen molar-refractivity contribution in [2.45, 2.75) is 26.9 Å². The highest BCUT2D eigenvalue weighted by atomic mass is 32.1. The van der Waals surface area contributed by atoms with Gasteiger partial charge >= 0.3 is 5.97 Å². The van der Waals surface area contributed by atoms with E-state index in [1.165, 1.54) is 29.8 Å². The van der Waals surface area contributed by atoms with Crippen LogP contribution >= 0.6 is 11.3 Å². The number of fused-ring (bicyclic) bond motifs is 1. The molecule has 24 heavy (non-hydrogen) atoms. The van der Waals surface area contributed by atoms with Crippen LogP contribution in [0.1, 0.15) is 35.1 Å². The summed E-state index contributed by atoms with van der Waals surface area (Å²) >= 11 is 1.45. The number of aromatic amines is 1. The molecule has 3 rings (SSSR count). The molecule has 0 bridgehead atoms. The summed E-state index contributed by atoms with van der Waals surface area (Å²) in [5.41, 5.74) is 0.715. The lowest BCUT2D eigenvalue weighted by atomic mass is 10.2. The molecule has 1 atom stereocenters. The van der Waals surface area contributed by atoms with Gasteiger partial charge in [-0.15, -0.1) is 11.3 Å². The molecule has 0 spiro atoms. The van der Waals surface area contributed by atoms with E-state index in [0.29, 0.717) is 21.8 Å². The number of ether oxygens (including phenoxy) is 1. The number of aryl methyl sites for hydroxylation is 2. The van der Waals surface area contributed by atoms with Gasteiger partial charge in [-0.2, -0.15) is 0 Å². The molecule has 0 unspecified atom stereocenters. The largest absolute Gasteiger partial charge is 0.465 e. The van der Waals surface area contributed by atoms with Gasteiger partial charge in [0, 0.05) is 11.0 Å². The van der Waals surface area contributed by atoms with Crippen LogP contribution in [0.25, 0.3) is 16.3 Å². The predicted molar refractivity (Wildman–Crippen MR) is 92.0 cm³/mol. The molecule has 124 valence electrons. The van der Waals surface area contributed by atoms with Crippen molar-refractivity contribution < 1.29 is 13.9 Å². The van der Waals surface area contributed by atoms with Crippen molar-refractivity contribution >= 4 is 33.6 Å². The molecule has 0 aromatic carbocycles. The number of nitrogens with one attached hydrogen (secondary N) is 1. The highest BCUT2D eigenvalue weighted by molar-refractivity contribution is 7.18. The topological polar surface area (TPSA) is 85.2 Å². The first-order chi connectivity index (χ1) is 11.5. The summed E-state index contributed by atoms with van der Waals surface area (Å²) in [6.07, 6.45) is 3.63. The van der Waals surface area contributed by atoms with Crippen LogP contribution in [0.2, 0.25) is 0 Å². The molecule has 3 heterocycles. The van der Waals surface area contributed by atoms with E-state index in [-0.39, 0.29) is 5.56 Å². The fraction of sp³-hybridized carbons (Fsp3) is 0.235. The zero-order chi connectivity index (χ0) is 17.3. The molecule has 3 aromatic heterocycles. The molecule has 6 nitrogen and oxygen atoms in total. The van der Waals surface area contributed by atoms with Crippen molar-refractivity contribution in [3.05, 3.63) is 56.9 Å². The Balaban J connectivity index is 1.80. The van der Waals surface area contributed by atoms with Crippen molar-refractivity contribution in [3.8, 4) is 0 Å². The first-order valence-corrected chi connectivity index (χ1v) is 8.19. The molecule has 0 radical (unpaired) electrons. The number of hydrogen-bond acceptors (Lipinski definition) is 6. The molecule has 1 N–H and O–H groups in total. The molecule has 0 fully saturated rings. The van der Waals surface area contributed by atoms with Gasteiger partial charge in [0.15, 0.2) is 11.9 Å². The number of thiophene rings is 1. The standard InChI is InChI=1S/C17H16N2O4S/c1-9-11(3)24-17-14(9)16(21)18-15(19-17)10(2)23-13(20)7-6-12-5-4-8-22-12/h4-8,10H,1-3H3,(H,18,19,21)/b7-6+/t10-/m0/s1. The number of furan rings is 1. The van der Waals surface area contributed by atoms with Crippen LogP contribution in [0, 0.1) is 13.8 Å². The zero-order valence-electron chi connectivity index (χ0n) is 13.5. The van der Waals surface area contributed by atoms with E-state index in [9.17, 15) is 9.59 Å². The van der Waals surface area contributed by atoms with Gasteiger partial charge in [0.05, 0.1) is 11.6 Å². The number of esters is 1. The van der Waals surface area contributed by atoms with Crippen molar-refractivity contribution in [2.24, 2.45) is 0 Å². The van der Waals surface area contributed by atoms with Gasteiger partial charge in [0.1, 0.15) is 10.6 Å². The van der Waals surface area contributed by atoms with Crippen LogP contribution in [0.5, 0.6) is 0 Å². The lowest BCUT2D eigenvalue weighted by molar-refractivity contribution is -0.142. The molecule has 0 amide bonds. The summed E-state index contributed by atoms with van der Waals surface area (Å²) in [5, 5.41) is 0.595. The number of aromatic nitrogens is 2. The summed E-state index contributed by atoms with van der Waals surface area (Å²) in [6, 6.07) is 3.45. The Kier molecular flexibility index (Phi) is 4.35. The summed E-state index contributed by atoms with van der Waals surface area (Å²) in [4.78, 5) is 32.9. The first kappa shape index (κ1) is 16.2. The average Bonchev–Trinajstić information content (AvgIpc) is 3.14. The molecule has 7 heteroatoms. The second-order valence-electron chi connectivity index (χ2n) is 5.34. The van der Waals surface area contributed by atoms with E-state index in [1.807, 2.05) is 13.8 Å². The molecule has 0 saturated heterocycles. The SMILES string of the molecule is Cc1sc2nc([C@H](C)OC(=O)/C=C/c3ccco3)[nH]c(=O)c2c1C. The number of nitrogens with zero attached hydrogens (tertiary/aromatic N) is 1. The van der Waals surface area contributed by atoms with E-state index < -0.39 is 12.1 Å². The van der Waals surface area contributed by atoms with E-state index >= 15 is 0 Å². The van der Waals surface area contributed by atoms with Gasteiger partial charge in [-0.25, -0.2) is 9.78 Å². The lowest BCUT2D eigenvalue weighted by Gasteiger charge is -2.10. The minimum absolute atomic E-state index is 0.217. The minimum atomic E-state index is -0.668. The number of H-pyrrole nitrogens is 1. The summed E-state index contributed by atoms with van der Waals surface area (Å²) < 4.78 is 10.4. The van der Waals surface area contributed by atoms with Gasteiger partial charge in [-0.1, -0.05) is 0 Å². The van der Waals surface area contributed by atoms with Gasteiger partial charge in [0.25, 0.3) is 5.56 Å². The van der Waals surface area contributed by atoms with E-state index in [2.05, 4.69) is 9.97 Å². The number of carbonyl (C=O) groups is 1. The smallest absolute Gasteiger partial charge is 0.331 e. The van der Waals surface area contributed by atoms with Crippen LogP contribution in [0.15, 0.2) is 33.7 Å². The minimum Gasteiger partial charge on any atom is -0.465 e. The third-order valence-corrected chi connectivity index (χ3v) is 4.76. The molecule has 0 aliphatic carbocycles. The molecule has 0 aliphatic heterocycles. The van der Waals surface area contributed by atoms with E-state index in [0.717, 1.165) is 10.4 Å². The van der Waals surface area contributed by atoms with Crippen LogP contribution in [0.4, 0.5) is 0 Å². The highest BCUT2D eigenvalue weighted by Crippen LogP contribution is 2.26. The molecule has 3 aromatic rings. The Morgan fingerprint density at radius 2 is 2.25 bits per heavy atom. The Bertz CT molecular complexity index is 967. The predicted octanol–water partition coefficient (Wildman–Crippen LogP) is 3.51. The van der Waals surface area contributed by atoms with Gasteiger partial charge in [0.2, 0.25) is 0 Å². The highest BCUT2D eigenvalue weighted by Gasteiger charge is 2.17. The van der Waals surface area contributed by atoms with Crippen molar-refractivity contribution in [1.29, 1.82) is 0 Å². The van der Waals surface area contributed by atoms with Crippen LogP contribution in [-0.2, 0) is 9.53 Å². The van der Waals surface area contributed by atoms with Crippen molar-refractivity contribution in [2.75, 3.05) is 0 Å². The summed E-state index contributed by atoms with van der Waals surface area (Å²) in [5.74, 6) is 0.339. The van der Waals surface area contributed by atoms with E-state index in [4.69, 9.17) is 9.15 Å². The third kappa shape index (κ3) is 3.16. The molecule has 0 saturated carbocycles. The molecular formula is C17H16N2O4S. The quantitative estimate of drug-likeness (QED) is 0.578. The fourth-order valence-corrected chi connectivity index (χ4v) is 3.31.